The van der Waals surface area contributed by atoms with Crippen LogP contribution in [0.4, 0.5) is 0 Å². The normalized spacial score (nSPS) is 28.9. The van der Waals surface area contributed by atoms with Crippen molar-refractivity contribution in [3.05, 3.63) is 71.5 Å². The SMILES string of the molecule is COc1cccc(CN2C(=O)c3cc(-c4cnn(C5CCCCO5)c4)ccc3C23CCC2OC23)c1. The maximum Gasteiger partial charge on any atom is 0.255 e. The van der Waals surface area contributed by atoms with Crippen molar-refractivity contribution < 1.29 is 19.0 Å². The van der Waals surface area contributed by atoms with E-state index in [-0.39, 0.29) is 24.3 Å². The van der Waals surface area contributed by atoms with Crippen molar-refractivity contribution in [3.63, 3.8) is 0 Å². The molecule has 1 saturated carbocycles. The average Bonchev–Trinajstić information content (AvgIpc) is 3.27. The Hall–Kier alpha value is -3.16. The van der Waals surface area contributed by atoms with Gasteiger partial charge in [0.1, 0.15) is 18.1 Å². The molecule has 3 aliphatic heterocycles. The fraction of sp³-hybridized carbons (Fsp3) is 0.429. The van der Waals surface area contributed by atoms with Crippen molar-refractivity contribution >= 4 is 5.91 Å². The molecule has 0 N–H and O–H groups in total. The van der Waals surface area contributed by atoms with Gasteiger partial charge in [0.2, 0.25) is 0 Å². The van der Waals surface area contributed by atoms with Crippen LogP contribution in [-0.2, 0) is 21.6 Å². The van der Waals surface area contributed by atoms with E-state index in [4.69, 9.17) is 14.2 Å². The molecule has 2 aromatic carbocycles. The predicted molar refractivity (Wildman–Crippen MR) is 129 cm³/mol. The van der Waals surface area contributed by atoms with E-state index in [2.05, 4.69) is 23.3 Å². The Morgan fingerprint density at radius 1 is 1.14 bits per heavy atom. The highest BCUT2D eigenvalue weighted by Crippen LogP contribution is 2.59. The second kappa shape index (κ2) is 7.93. The van der Waals surface area contributed by atoms with Crippen molar-refractivity contribution in [1.82, 2.24) is 14.7 Å². The predicted octanol–water partition coefficient (Wildman–Crippen LogP) is 4.67. The summed E-state index contributed by atoms with van der Waals surface area (Å²) in [5.74, 6) is 0.873. The quantitative estimate of drug-likeness (QED) is 0.506. The van der Waals surface area contributed by atoms with E-state index in [1.807, 2.05) is 46.2 Å². The second-order valence-corrected chi connectivity index (χ2v) is 10.1. The Morgan fingerprint density at radius 3 is 2.86 bits per heavy atom. The van der Waals surface area contributed by atoms with Crippen LogP contribution in [-0.4, -0.2) is 46.5 Å². The van der Waals surface area contributed by atoms with Gasteiger partial charge in [-0.1, -0.05) is 24.3 Å². The summed E-state index contributed by atoms with van der Waals surface area (Å²) in [6, 6.07) is 14.3. The number of methoxy groups -OCH3 is 1. The van der Waals surface area contributed by atoms with Crippen LogP contribution in [0.2, 0.25) is 0 Å². The van der Waals surface area contributed by atoms with Crippen LogP contribution in [0.3, 0.4) is 0 Å². The number of nitrogens with zero attached hydrogens (tertiary/aromatic N) is 3. The number of carbonyl (C=O) groups is 1. The van der Waals surface area contributed by atoms with Crippen molar-refractivity contribution in [2.24, 2.45) is 0 Å². The lowest BCUT2D eigenvalue weighted by Crippen LogP contribution is -2.45. The number of ether oxygens (including phenoxy) is 3. The molecule has 1 amide bonds. The molecule has 180 valence electrons. The number of amides is 1. The largest absolute Gasteiger partial charge is 0.497 e. The summed E-state index contributed by atoms with van der Waals surface area (Å²) in [5, 5.41) is 4.57. The van der Waals surface area contributed by atoms with E-state index in [9.17, 15) is 4.79 Å². The van der Waals surface area contributed by atoms with E-state index < -0.39 is 5.54 Å². The highest BCUT2D eigenvalue weighted by molar-refractivity contribution is 6.01. The van der Waals surface area contributed by atoms with E-state index in [0.29, 0.717) is 6.54 Å². The zero-order valence-electron chi connectivity index (χ0n) is 19.9. The number of epoxide rings is 1. The summed E-state index contributed by atoms with van der Waals surface area (Å²) in [7, 11) is 1.67. The maximum absolute atomic E-state index is 13.9. The Morgan fingerprint density at radius 2 is 2.09 bits per heavy atom. The number of rotatable bonds is 5. The molecule has 2 saturated heterocycles. The van der Waals surface area contributed by atoms with Crippen molar-refractivity contribution in [3.8, 4) is 16.9 Å². The molecular formula is C28H29N3O4. The Kier molecular flexibility index (Phi) is 4.79. The van der Waals surface area contributed by atoms with Crippen LogP contribution < -0.4 is 4.74 Å². The van der Waals surface area contributed by atoms with Gasteiger partial charge >= 0.3 is 0 Å². The Balaban J connectivity index is 1.24. The number of carbonyl (C=O) groups excluding carboxylic acids is 1. The van der Waals surface area contributed by atoms with Gasteiger partial charge < -0.3 is 19.1 Å². The van der Waals surface area contributed by atoms with Gasteiger partial charge in [0.25, 0.3) is 5.91 Å². The number of hydrogen-bond acceptors (Lipinski definition) is 5. The minimum Gasteiger partial charge on any atom is -0.497 e. The van der Waals surface area contributed by atoms with Gasteiger partial charge in [0.05, 0.1) is 24.9 Å². The first-order chi connectivity index (χ1) is 17.2. The molecule has 7 heteroatoms. The third kappa shape index (κ3) is 3.25. The molecule has 4 unspecified atom stereocenters. The van der Waals surface area contributed by atoms with Crippen LogP contribution in [0.25, 0.3) is 11.1 Å². The highest BCUT2D eigenvalue weighted by Gasteiger charge is 2.67. The molecule has 7 rings (SSSR count). The van der Waals surface area contributed by atoms with Crippen LogP contribution in [0.1, 0.15) is 59.8 Å². The summed E-state index contributed by atoms with van der Waals surface area (Å²) >= 11 is 0. The van der Waals surface area contributed by atoms with Gasteiger partial charge in [0.15, 0.2) is 0 Å². The third-order valence-electron chi connectivity index (χ3n) is 8.17. The maximum atomic E-state index is 13.9. The van der Waals surface area contributed by atoms with Crippen molar-refractivity contribution in [2.45, 2.75) is 62.6 Å². The lowest BCUT2D eigenvalue weighted by Gasteiger charge is -2.36. The van der Waals surface area contributed by atoms with Gasteiger partial charge in [-0.2, -0.15) is 5.10 Å². The molecular weight excluding hydrogens is 442 g/mol. The smallest absolute Gasteiger partial charge is 0.255 e. The van der Waals surface area contributed by atoms with E-state index in [0.717, 1.165) is 72.3 Å². The molecule has 3 fully saturated rings. The number of benzene rings is 2. The molecule has 1 aromatic heterocycles. The Bertz CT molecular complexity index is 1300. The molecule has 35 heavy (non-hydrogen) atoms. The first kappa shape index (κ1) is 21.1. The van der Waals surface area contributed by atoms with Gasteiger partial charge in [0, 0.05) is 30.5 Å². The van der Waals surface area contributed by atoms with Crippen molar-refractivity contribution in [1.29, 1.82) is 0 Å². The van der Waals surface area contributed by atoms with Gasteiger partial charge in [-0.05, 0) is 67.0 Å². The van der Waals surface area contributed by atoms with Crippen LogP contribution in [0, 0.1) is 0 Å². The monoisotopic (exact) mass is 471 g/mol. The number of hydrogen-bond donors (Lipinski definition) is 0. The Labute approximate surface area is 204 Å². The second-order valence-electron chi connectivity index (χ2n) is 10.1. The topological polar surface area (TPSA) is 69.1 Å². The van der Waals surface area contributed by atoms with Gasteiger partial charge in [-0.3, -0.25) is 4.79 Å². The first-order valence-electron chi connectivity index (χ1n) is 12.6. The summed E-state index contributed by atoms with van der Waals surface area (Å²) < 4.78 is 19.3. The first-order valence-corrected chi connectivity index (χ1v) is 12.6. The highest BCUT2D eigenvalue weighted by atomic mass is 16.6. The van der Waals surface area contributed by atoms with E-state index >= 15 is 0 Å². The zero-order valence-corrected chi connectivity index (χ0v) is 19.9. The van der Waals surface area contributed by atoms with Gasteiger partial charge in [-0.25, -0.2) is 4.68 Å². The molecule has 0 bridgehead atoms. The lowest BCUT2D eigenvalue weighted by atomic mass is 9.86. The fourth-order valence-electron chi connectivity index (χ4n) is 6.36. The van der Waals surface area contributed by atoms with Crippen LogP contribution in [0.15, 0.2) is 54.9 Å². The summed E-state index contributed by atoms with van der Waals surface area (Å²) in [5.41, 5.74) is 4.55. The molecule has 1 spiro atoms. The van der Waals surface area contributed by atoms with Crippen LogP contribution >= 0.6 is 0 Å². The average molecular weight is 472 g/mol. The van der Waals surface area contributed by atoms with E-state index in [1.165, 1.54) is 0 Å². The molecule has 4 heterocycles. The van der Waals surface area contributed by atoms with Crippen LogP contribution in [0.5, 0.6) is 5.75 Å². The van der Waals surface area contributed by atoms with Crippen molar-refractivity contribution in [2.75, 3.05) is 13.7 Å². The molecule has 4 aliphatic rings. The van der Waals surface area contributed by atoms with Gasteiger partial charge in [-0.15, -0.1) is 0 Å². The minimum absolute atomic E-state index is 0.00220. The molecule has 7 nitrogen and oxygen atoms in total. The summed E-state index contributed by atoms with van der Waals surface area (Å²) in [6.45, 7) is 1.31. The van der Waals surface area contributed by atoms with E-state index in [1.54, 1.807) is 7.11 Å². The molecule has 3 aromatic rings. The third-order valence-corrected chi connectivity index (χ3v) is 8.17. The number of fused-ring (bicyclic) bond motifs is 4. The zero-order chi connectivity index (χ0) is 23.6. The standard InChI is InChI=1S/C28H29N3O4/c1-33-21-6-4-5-18(13-21)16-30-27(32)22-14-19(8-9-23(22)28(30)11-10-24-26(28)35-24)20-15-29-31(17-20)25-7-2-3-12-34-25/h4-6,8-9,13-15,17,24-26H,2-3,7,10-12,16H2,1H3. The fourth-order valence-corrected chi connectivity index (χ4v) is 6.36. The summed E-state index contributed by atoms with van der Waals surface area (Å²) in [6.07, 6.45) is 9.41. The molecule has 1 aliphatic carbocycles. The minimum atomic E-state index is -0.390. The number of aromatic nitrogens is 2. The molecule has 0 radical (unpaired) electrons. The lowest BCUT2D eigenvalue weighted by molar-refractivity contribution is -0.0394. The molecule has 4 atom stereocenters. The summed E-state index contributed by atoms with van der Waals surface area (Å²) in [4.78, 5) is 16.0.